The third-order valence-corrected chi connectivity index (χ3v) is 2.87. The highest BCUT2D eigenvalue weighted by molar-refractivity contribution is 5.88. The summed E-state index contributed by atoms with van der Waals surface area (Å²) in [6, 6.07) is 0. The van der Waals surface area contributed by atoms with Crippen molar-refractivity contribution in [2.75, 3.05) is 28.4 Å². The number of carbonyl (C=O) groups excluding carboxylic acids is 1. The summed E-state index contributed by atoms with van der Waals surface area (Å²) in [5.41, 5.74) is 1.53. The fraction of sp³-hybridized carbons (Fsp3) is 0.750. The molecule has 0 spiro atoms. The number of carbonyl (C=O) groups is 1. The van der Waals surface area contributed by atoms with Gasteiger partial charge in [-0.2, -0.15) is 0 Å². The summed E-state index contributed by atoms with van der Waals surface area (Å²) in [7, 11) is 5.90. The van der Waals surface area contributed by atoms with Gasteiger partial charge in [-0.05, 0) is 20.3 Å². The van der Waals surface area contributed by atoms with Gasteiger partial charge in [0.25, 0.3) is 5.97 Å². The van der Waals surface area contributed by atoms with Crippen molar-refractivity contribution in [3.8, 4) is 0 Å². The number of hydrogen-bond donors (Lipinski definition) is 0. The van der Waals surface area contributed by atoms with Crippen LogP contribution in [0.5, 0.6) is 0 Å². The van der Waals surface area contributed by atoms with Gasteiger partial charge in [0.05, 0.1) is 7.11 Å². The van der Waals surface area contributed by atoms with Crippen molar-refractivity contribution in [3.05, 3.63) is 11.1 Å². The second kappa shape index (κ2) is 7.42. The van der Waals surface area contributed by atoms with Crippen LogP contribution < -0.4 is 0 Å². The molecule has 17 heavy (non-hydrogen) atoms. The average Bonchev–Trinajstić information content (AvgIpc) is 2.38. The molecule has 0 aromatic carbocycles. The van der Waals surface area contributed by atoms with E-state index in [1.807, 2.05) is 6.92 Å². The molecule has 0 heterocycles. The van der Waals surface area contributed by atoms with Crippen molar-refractivity contribution in [3.63, 3.8) is 0 Å². The number of rotatable bonds is 7. The van der Waals surface area contributed by atoms with Crippen LogP contribution in [-0.4, -0.2) is 40.4 Å². The minimum atomic E-state index is -1.06. The first-order chi connectivity index (χ1) is 7.96. The van der Waals surface area contributed by atoms with Crippen molar-refractivity contribution in [1.29, 1.82) is 0 Å². The van der Waals surface area contributed by atoms with E-state index in [2.05, 4.69) is 4.74 Å². The van der Waals surface area contributed by atoms with Gasteiger partial charge in [0.15, 0.2) is 0 Å². The van der Waals surface area contributed by atoms with Gasteiger partial charge in [0, 0.05) is 33.3 Å². The predicted octanol–water partition coefficient (Wildman–Crippen LogP) is 1.87. The molecule has 0 rings (SSSR count). The number of ether oxygens (including phenoxy) is 4. The molecular formula is C12H22O5. The minimum Gasteiger partial charge on any atom is -0.466 e. The van der Waals surface area contributed by atoms with Crippen molar-refractivity contribution in [2.24, 2.45) is 0 Å². The van der Waals surface area contributed by atoms with E-state index in [0.29, 0.717) is 18.4 Å². The highest BCUT2D eigenvalue weighted by Gasteiger charge is 2.29. The van der Waals surface area contributed by atoms with Crippen LogP contribution in [-0.2, 0) is 23.7 Å². The molecule has 0 aliphatic carbocycles. The molecular weight excluding hydrogens is 224 g/mol. The summed E-state index contributed by atoms with van der Waals surface area (Å²) in [6.07, 6.45) is 1.12. The summed E-state index contributed by atoms with van der Waals surface area (Å²) in [4.78, 5) is 11.3. The standard InChI is InChI=1S/C12H22O5/c1-9(10(2)11(13)14-3)7-8-12(15-4,16-5)17-6/h7-8H2,1-6H3. The van der Waals surface area contributed by atoms with E-state index in [4.69, 9.17) is 14.2 Å². The van der Waals surface area contributed by atoms with Crippen LogP contribution in [0.4, 0.5) is 0 Å². The Hall–Kier alpha value is -0.910. The van der Waals surface area contributed by atoms with Gasteiger partial charge in [-0.15, -0.1) is 0 Å². The molecule has 0 aromatic heterocycles. The second-order valence-electron chi connectivity index (χ2n) is 3.69. The molecule has 0 bridgehead atoms. The molecule has 0 unspecified atom stereocenters. The van der Waals surface area contributed by atoms with E-state index in [0.717, 1.165) is 5.57 Å². The van der Waals surface area contributed by atoms with Crippen molar-refractivity contribution < 1.29 is 23.7 Å². The van der Waals surface area contributed by atoms with E-state index in [1.165, 1.54) is 28.4 Å². The van der Waals surface area contributed by atoms with Gasteiger partial charge in [0.1, 0.15) is 0 Å². The Morgan fingerprint density at radius 3 is 1.82 bits per heavy atom. The van der Waals surface area contributed by atoms with Crippen LogP contribution >= 0.6 is 0 Å². The third kappa shape index (κ3) is 4.46. The van der Waals surface area contributed by atoms with Crippen molar-refractivity contribution in [2.45, 2.75) is 32.7 Å². The molecule has 5 nitrogen and oxygen atoms in total. The Kier molecular flexibility index (Phi) is 7.03. The first-order valence-corrected chi connectivity index (χ1v) is 5.36. The summed E-state index contributed by atoms with van der Waals surface area (Å²) in [5.74, 6) is -1.38. The monoisotopic (exact) mass is 246 g/mol. The Morgan fingerprint density at radius 2 is 1.47 bits per heavy atom. The Balaban J connectivity index is 4.60. The number of hydrogen-bond acceptors (Lipinski definition) is 5. The zero-order chi connectivity index (χ0) is 13.5. The molecule has 0 saturated carbocycles. The lowest BCUT2D eigenvalue weighted by molar-refractivity contribution is -0.354. The molecule has 0 aliphatic heterocycles. The molecule has 0 fully saturated rings. The molecule has 5 heteroatoms. The molecule has 0 aromatic rings. The number of esters is 1. The van der Waals surface area contributed by atoms with E-state index in [1.54, 1.807) is 6.92 Å². The maximum atomic E-state index is 11.3. The van der Waals surface area contributed by atoms with Gasteiger partial charge < -0.3 is 18.9 Å². The van der Waals surface area contributed by atoms with Crippen LogP contribution in [0.15, 0.2) is 11.1 Å². The van der Waals surface area contributed by atoms with E-state index in [9.17, 15) is 4.79 Å². The molecule has 100 valence electrons. The van der Waals surface area contributed by atoms with Gasteiger partial charge in [-0.3, -0.25) is 0 Å². The van der Waals surface area contributed by atoms with Gasteiger partial charge >= 0.3 is 5.97 Å². The fourth-order valence-electron chi connectivity index (χ4n) is 1.41. The molecule has 0 radical (unpaired) electrons. The third-order valence-electron chi connectivity index (χ3n) is 2.87. The molecule has 0 amide bonds. The van der Waals surface area contributed by atoms with Crippen LogP contribution in [0.25, 0.3) is 0 Å². The van der Waals surface area contributed by atoms with Gasteiger partial charge in [0.2, 0.25) is 0 Å². The smallest absolute Gasteiger partial charge is 0.333 e. The second-order valence-corrected chi connectivity index (χ2v) is 3.69. The zero-order valence-electron chi connectivity index (χ0n) is 11.5. The largest absolute Gasteiger partial charge is 0.466 e. The Bertz CT molecular complexity index is 270. The van der Waals surface area contributed by atoms with E-state index in [-0.39, 0.29) is 5.97 Å². The summed E-state index contributed by atoms with van der Waals surface area (Å²) in [5, 5.41) is 0. The van der Waals surface area contributed by atoms with Crippen molar-refractivity contribution in [1.82, 2.24) is 0 Å². The first kappa shape index (κ1) is 16.1. The highest BCUT2D eigenvalue weighted by Crippen LogP contribution is 2.23. The predicted molar refractivity (Wildman–Crippen MR) is 63.4 cm³/mol. The molecule has 0 aliphatic rings. The lowest BCUT2D eigenvalue weighted by atomic mass is 10.1. The van der Waals surface area contributed by atoms with Crippen LogP contribution in [0, 0.1) is 0 Å². The lowest BCUT2D eigenvalue weighted by Crippen LogP contribution is -2.35. The lowest BCUT2D eigenvalue weighted by Gasteiger charge is -2.28. The van der Waals surface area contributed by atoms with E-state index < -0.39 is 5.97 Å². The first-order valence-electron chi connectivity index (χ1n) is 5.36. The Labute approximate surface area is 103 Å². The van der Waals surface area contributed by atoms with Crippen molar-refractivity contribution >= 4 is 5.97 Å². The summed E-state index contributed by atoms with van der Waals surface area (Å²) >= 11 is 0. The molecule has 0 N–H and O–H groups in total. The molecule has 0 saturated heterocycles. The number of allylic oxidation sites excluding steroid dienone is 1. The van der Waals surface area contributed by atoms with Crippen LogP contribution in [0.3, 0.4) is 0 Å². The quantitative estimate of drug-likeness (QED) is 0.390. The topological polar surface area (TPSA) is 54.0 Å². The highest BCUT2D eigenvalue weighted by atomic mass is 16.9. The fourth-order valence-corrected chi connectivity index (χ4v) is 1.41. The van der Waals surface area contributed by atoms with E-state index >= 15 is 0 Å². The van der Waals surface area contributed by atoms with Crippen LogP contribution in [0.1, 0.15) is 26.7 Å². The normalized spacial score (nSPS) is 13.3. The van der Waals surface area contributed by atoms with Gasteiger partial charge in [-0.25, -0.2) is 4.79 Å². The maximum absolute atomic E-state index is 11.3. The molecule has 0 atom stereocenters. The van der Waals surface area contributed by atoms with Crippen LogP contribution in [0.2, 0.25) is 0 Å². The maximum Gasteiger partial charge on any atom is 0.333 e. The number of methoxy groups -OCH3 is 4. The SMILES string of the molecule is COC(=O)C(C)=C(C)CCC(OC)(OC)OC. The average molecular weight is 246 g/mol. The summed E-state index contributed by atoms with van der Waals surface area (Å²) < 4.78 is 20.2. The summed E-state index contributed by atoms with van der Waals surface area (Å²) in [6.45, 7) is 3.60. The van der Waals surface area contributed by atoms with Gasteiger partial charge in [-0.1, -0.05) is 5.57 Å². The minimum absolute atomic E-state index is 0.319. The Morgan fingerprint density at radius 1 is 1.00 bits per heavy atom. The zero-order valence-corrected chi connectivity index (χ0v) is 11.5.